The highest BCUT2D eigenvalue weighted by atomic mass is 79.9. The number of alkyl halides is 1. The summed E-state index contributed by atoms with van der Waals surface area (Å²) in [7, 11) is 0. The van der Waals surface area contributed by atoms with E-state index in [-0.39, 0.29) is 17.8 Å². The Morgan fingerprint density at radius 2 is 1.82 bits per heavy atom. The van der Waals surface area contributed by atoms with E-state index in [0.29, 0.717) is 5.33 Å². The van der Waals surface area contributed by atoms with Crippen LogP contribution in [0.15, 0.2) is 23.1 Å². The summed E-state index contributed by atoms with van der Waals surface area (Å²) in [5.74, 6) is 0.707. The summed E-state index contributed by atoms with van der Waals surface area (Å²) in [5.41, 5.74) is 0.983. The average Bonchev–Trinajstić information content (AvgIpc) is 2.55. The number of hydrogen-bond donors (Lipinski definition) is 1. The number of halogens is 2. The van der Waals surface area contributed by atoms with Crippen molar-refractivity contribution in [3.05, 3.63) is 29.6 Å². The van der Waals surface area contributed by atoms with Crippen molar-refractivity contribution in [1.82, 2.24) is 0 Å². The van der Waals surface area contributed by atoms with Gasteiger partial charge in [0.1, 0.15) is 5.82 Å². The molecule has 0 atom stereocenters. The summed E-state index contributed by atoms with van der Waals surface area (Å²) >= 11 is 5.19. The molecular formula is C18H28BrFOS. The third kappa shape index (κ3) is 6.21. The van der Waals surface area contributed by atoms with E-state index in [4.69, 9.17) is 0 Å². The van der Waals surface area contributed by atoms with Gasteiger partial charge in [-0.15, -0.1) is 11.8 Å². The third-order valence-corrected chi connectivity index (χ3v) is 6.23. The van der Waals surface area contributed by atoms with Crippen LogP contribution in [-0.2, 0) is 5.33 Å². The Labute approximate surface area is 147 Å². The summed E-state index contributed by atoms with van der Waals surface area (Å²) in [6.07, 6.45) is 6.75. The van der Waals surface area contributed by atoms with Gasteiger partial charge < -0.3 is 5.11 Å². The lowest BCUT2D eigenvalue weighted by atomic mass is 9.81. The fourth-order valence-corrected chi connectivity index (χ4v) is 4.57. The molecule has 0 heterocycles. The molecule has 1 aromatic rings. The lowest BCUT2D eigenvalue weighted by Gasteiger charge is -2.32. The number of unbranched alkanes of at least 4 members (excludes halogenated alkanes) is 2. The quantitative estimate of drug-likeness (QED) is 0.359. The molecule has 0 radical (unpaired) electrons. The van der Waals surface area contributed by atoms with Crippen molar-refractivity contribution >= 4 is 27.7 Å². The molecule has 4 heteroatoms. The van der Waals surface area contributed by atoms with Gasteiger partial charge in [-0.05, 0) is 36.6 Å². The summed E-state index contributed by atoms with van der Waals surface area (Å²) in [6, 6.07) is 4.97. The average molecular weight is 391 g/mol. The van der Waals surface area contributed by atoms with E-state index >= 15 is 0 Å². The van der Waals surface area contributed by atoms with Gasteiger partial charge in [-0.25, -0.2) is 4.39 Å². The van der Waals surface area contributed by atoms with Crippen molar-refractivity contribution in [2.75, 3.05) is 12.4 Å². The van der Waals surface area contributed by atoms with Crippen LogP contribution in [0.5, 0.6) is 0 Å². The minimum atomic E-state index is -0.191. The van der Waals surface area contributed by atoms with E-state index in [1.54, 1.807) is 17.8 Å². The Balaban J connectivity index is 2.80. The Kier molecular flexibility index (Phi) is 9.69. The first-order chi connectivity index (χ1) is 10.6. The van der Waals surface area contributed by atoms with Crippen LogP contribution in [0.2, 0.25) is 0 Å². The number of aliphatic hydroxyl groups excluding tert-OH is 1. The largest absolute Gasteiger partial charge is 0.396 e. The molecule has 0 fully saturated rings. The fourth-order valence-electron chi connectivity index (χ4n) is 2.60. The molecular weight excluding hydrogens is 363 g/mol. The smallest absolute Gasteiger partial charge is 0.123 e. The number of hydrogen-bond acceptors (Lipinski definition) is 2. The van der Waals surface area contributed by atoms with Gasteiger partial charge in [0.05, 0.1) is 0 Å². The fraction of sp³-hybridized carbons (Fsp3) is 0.667. The van der Waals surface area contributed by atoms with E-state index in [9.17, 15) is 9.50 Å². The molecule has 0 aliphatic heterocycles. The van der Waals surface area contributed by atoms with Crippen LogP contribution in [0, 0.1) is 11.2 Å². The molecule has 0 saturated carbocycles. The predicted molar refractivity (Wildman–Crippen MR) is 98.3 cm³/mol. The van der Waals surface area contributed by atoms with E-state index < -0.39 is 0 Å². The second kappa shape index (κ2) is 10.7. The lowest BCUT2D eigenvalue weighted by molar-refractivity contribution is 0.122. The molecule has 0 unspecified atom stereocenters. The van der Waals surface area contributed by atoms with E-state index in [0.717, 1.165) is 54.7 Å². The normalized spacial score (nSPS) is 11.9. The Bertz CT molecular complexity index is 431. The van der Waals surface area contributed by atoms with Crippen molar-refractivity contribution < 1.29 is 9.50 Å². The highest BCUT2D eigenvalue weighted by Gasteiger charge is 2.28. The molecule has 0 aromatic heterocycles. The van der Waals surface area contributed by atoms with Crippen LogP contribution in [-0.4, -0.2) is 17.5 Å². The second-order valence-electron chi connectivity index (χ2n) is 6.04. The van der Waals surface area contributed by atoms with E-state index in [1.807, 2.05) is 6.07 Å². The molecule has 0 amide bonds. The van der Waals surface area contributed by atoms with Gasteiger partial charge in [-0.3, -0.25) is 0 Å². The van der Waals surface area contributed by atoms with Crippen LogP contribution in [0.25, 0.3) is 0 Å². The molecule has 0 spiro atoms. The minimum absolute atomic E-state index is 0.00530. The summed E-state index contributed by atoms with van der Waals surface area (Å²) in [6.45, 7) is 4.63. The van der Waals surface area contributed by atoms with Crippen molar-refractivity contribution in [2.24, 2.45) is 5.41 Å². The zero-order valence-electron chi connectivity index (χ0n) is 13.7. The Morgan fingerprint density at radius 3 is 2.32 bits per heavy atom. The van der Waals surface area contributed by atoms with Crippen LogP contribution in [0.1, 0.15) is 57.9 Å². The maximum atomic E-state index is 13.3. The Hall–Kier alpha value is -0.0600. The molecule has 0 bridgehead atoms. The van der Waals surface area contributed by atoms with Crippen LogP contribution in [0.4, 0.5) is 4.39 Å². The molecule has 1 nitrogen and oxygen atoms in total. The van der Waals surface area contributed by atoms with Crippen molar-refractivity contribution in [1.29, 1.82) is 0 Å². The summed E-state index contributed by atoms with van der Waals surface area (Å²) in [5, 5.41) is 10.7. The van der Waals surface area contributed by atoms with Crippen LogP contribution < -0.4 is 0 Å². The molecule has 0 aliphatic rings. The van der Waals surface area contributed by atoms with Gasteiger partial charge in [0, 0.05) is 28.0 Å². The zero-order valence-corrected chi connectivity index (χ0v) is 16.1. The Morgan fingerprint density at radius 1 is 1.18 bits per heavy atom. The standard InChI is InChI=1S/C18H28BrFOS/c1-3-5-9-18(13-21,10-6-4-2)14-22-17-8-7-16(20)11-15(17)12-19/h7-8,11,21H,3-6,9-10,12-14H2,1-2H3. The van der Waals surface area contributed by atoms with Crippen LogP contribution in [0.3, 0.4) is 0 Å². The first kappa shape index (κ1) is 20.0. The number of benzene rings is 1. The molecule has 126 valence electrons. The van der Waals surface area contributed by atoms with Gasteiger partial charge in [0.2, 0.25) is 0 Å². The van der Waals surface area contributed by atoms with Crippen molar-refractivity contribution in [3.8, 4) is 0 Å². The van der Waals surface area contributed by atoms with E-state index in [2.05, 4.69) is 29.8 Å². The minimum Gasteiger partial charge on any atom is -0.396 e. The van der Waals surface area contributed by atoms with Gasteiger partial charge in [-0.2, -0.15) is 0 Å². The first-order valence-corrected chi connectivity index (χ1v) is 10.3. The van der Waals surface area contributed by atoms with Gasteiger partial charge in [0.25, 0.3) is 0 Å². The number of rotatable bonds is 11. The number of thioether (sulfide) groups is 1. The first-order valence-electron chi connectivity index (χ1n) is 8.19. The molecule has 0 aliphatic carbocycles. The summed E-state index contributed by atoms with van der Waals surface area (Å²) < 4.78 is 13.3. The van der Waals surface area contributed by atoms with Gasteiger partial charge >= 0.3 is 0 Å². The van der Waals surface area contributed by atoms with E-state index in [1.165, 1.54) is 6.07 Å². The molecule has 1 aromatic carbocycles. The highest BCUT2D eigenvalue weighted by Crippen LogP contribution is 2.38. The molecule has 1 rings (SSSR count). The van der Waals surface area contributed by atoms with Crippen LogP contribution >= 0.6 is 27.7 Å². The second-order valence-corrected chi connectivity index (χ2v) is 7.62. The van der Waals surface area contributed by atoms with Gasteiger partial charge in [0.15, 0.2) is 0 Å². The van der Waals surface area contributed by atoms with Crippen molar-refractivity contribution in [2.45, 2.75) is 62.6 Å². The summed E-state index contributed by atoms with van der Waals surface area (Å²) in [4.78, 5) is 1.11. The molecule has 22 heavy (non-hydrogen) atoms. The van der Waals surface area contributed by atoms with Crippen molar-refractivity contribution in [3.63, 3.8) is 0 Å². The maximum absolute atomic E-state index is 13.3. The zero-order chi connectivity index (χ0) is 16.4. The van der Waals surface area contributed by atoms with Gasteiger partial charge in [-0.1, -0.05) is 55.5 Å². The predicted octanol–water partition coefficient (Wildman–Crippen LogP) is 6.17. The third-order valence-electron chi connectivity index (χ3n) is 4.16. The molecule has 0 saturated heterocycles. The monoisotopic (exact) mass is 390 g/mol. The SMILES string of the molecule is CCCCC(CO)(CCCC)CSc1ccc(F)cc1CBr. The maximum Gasteiger partial charge on any atom is 0.123 e. The highest BCUT2D eigenvalue weighted by molar-refractivity contribution is 9.08. The number of aliphatic hydroxyl groups is 1. The lowest BCUT2D eigenvalue weighted by Crippen LogP contribution is -2.28. The molecule has 1 N–H and O–H groups in total. The topological polar surface area (TPSA) is 20.2 Å².